The van der Waals surface area contributed by atoms with E-state index in [0.717, 1.165) is 17.2 Å². The fraction of sp³-hybridized carbons (Fsp3) is 0.222. The molecule has 1 N–H and O–H groups in total. The van der Waals surface area contributed by atoms with Crippen molar-refractivity contribution in [2.24, 2.45) is 0 Å². The molecule has 3 aromatic rings. The molecule has 6 nitrogen and oxygen atoms in total. The van der Waals surface area contributed by atoms with Crippen molar-refractivity contribution in [3.05, 3.63) is 59.8 Å². The second kappa shape index (κ2) is 6.68. The third-order valence-electron chi connectivity index (χ3n) is 3.97. The third-order valence-corrected chi connectivity index (χ3v) is 5.09. The van der Waals surface area contributed by atoms with Gasteiger partial charge in [-0.3, -0.25) is 4.79 Å². The van der Waals surface area contributed by atoms with Crippen molar-refractivity contribution in [2.75, 3.05) is 6.26 Å². The van der Waals surface area contributed by atoms with Crippen LogP contribution in [0.1, 0.15) is 24.2 Å². The van der Waals surface area contributed by atoms with Crippen LogP contribution in [-0.4, -0.2) is 25.7 Å². The zero-order valence-electron chi connectivity index (χ0n) is 13.9. The summed E-state index contributed by atoms with van der Waals surface area (Å²) in [6.07, 6.45) is 1.28. The molecule has 0 aliphatic carbocycles. The summed E-state index contributed by atoms with van der Waals surface area (Å²) >= 11 is 0. The topological polar surface area (TPSA) is 89.3 Å². The molecule has 25 heavy (non-hydrogen) atoms. The molecular formula is C18H18N2O4S. The summed E-state index contributed by atoms with van der Waals surface area (Å²) < 4.78 is 28.2. The van der Waals surface area contributed by atoms with Crippen molar-refractivity contribution < 1.29 is 17.7 Å². The molecule has 2 aromatic carbocycles. The molecule has 7 heteroatoms. The second-order valence-corrected chi connectivity index (χ2v) is 7.95. The first-order chi connectivity index (χ1) is 11.8. The molecular weight excluding hydrogens is 340 g/mol. The van der Waals surface area contributed by atoms with Crippen LogP contribution in [-0.2, 0) is 21.1 Å². The van der Waals surface area contributed by atoms with Crippen LogP contribution in [0.2, 0.25) is 0 Å². The van der Waals surface area contributed by atoms with Gasteiger partial charge in [-0.15, -0.1) is 0 Å². The largest absolute Gasteiger partial charge is 0.356 e. The molecule has 0 aliphatic heterocycles. The molecule has 0 spiro atoms. The predicted molar refractivity (Wildman–Crippen MR) is 93.8 cm³/mol. The highest BCUT2D eigenvalue weighted by molar-refractivity contribution is 7.90. The van der Waals surface area contributed by atoms with Gasteiger partial charge in [0.05, 0.1) is 17.4 Å². The van der Waals surface area contributed by atoms with E-state index in [4.69, 9.17) is 4.52 Å². The summed E-state index contributed by atoms with van der Waals surface area (Å²) in [5.74, 6) is -0.182. The molecule has 0 fully saturated rings. The first-order valence-electron chi connectivity index (χ1n) is 7.77. The smallest absolute Gasteiger partial charge is 0.226 e. The van der Waals surface area contributed by atoms with Gasteiger partial charge in [-0.1, -0.05) is 29.4 Å². The number of carbonyl (C=O) groups is 1. The van der Waals surface area contributed by atoms with Crippen LogP contribution < -0.4 is 5.32 Å². The van der Waals surface area contributed by atoms with Gasteiger partial charge in [-0.2, -0.15) is 0 Å². The van der Waals surface area contributed by atoms with E-state index in [1.54, 1.807) is 30.3 Å². The van der Waals surface area contributed by atoms with E-state index in [-0.39, 0.29) is 23.3 Å². The van der Waals surface area contributed by atoms with Crippen LogP contribution in [0.4, 0.5) is 0 Å². The summed E-state index contributed by atoms with van der Waals surface area (Å²) in [4.78, 5) is 12.5. The van der Waals surface area contributed by atoms with Crippen molar-refractivity contribution >= 4 is 26.7 Å². The van der Waals surface area contributed by atoms with Crippen molar-refractivity contribution in [3.8, 4) is 0 Å². The maximum Gasteiger partial charge on any atom is 0.226 e. The number of carbonyl (C=O) groups excluding carboxylic acids is 1. The Labute approximate surface area is 145 Å². The maximum atomic E-state index is 12.3. The molecule has 0 unspecified atom stereocenters. The summed E-state index contributed by atoms with van der Waals surface area (Å²) in [5.41, 5.74) is 2.06. The van der Waals surface area contributed by atoms with Gasteiger partial charge in [0, 0.05) is 11.6 Å². The van der Waals surface area contributed by atoms with Crippen LogP contribution in [0.3, 0.4) is 0 Å². The van der Waals surface area contributed by atoms with E-state index >= 15 is 0 Å². The van der Waals surface area contributed by atoms with Crippen molar-refractivity contribution in [3.63, 3.8) is 0 Å². The molecule has 130 valence electrons. The number of hydrogen-bond acceptors (Lipinski definition) is 5. The maximum absolute atomic E-state index is 12.3. The average molecular weight is 358 g/mol. The Morgan fingerprint density at radius 3 is 2.52 bits per heavy atom. The minimum atomic E-state index is -3.23. The number of rotatable bonds is 5. The number of fused-ring (bicyclic) bond motifs is 1. The minimum Gasteiger partial charge on any atom is -0.356 e. The third kappa shape index (κ3) is 3.88. The molecule has 0 aliphatic rings. The monoisotopic (exact) mass is 358 g/mol. The zero-order chi connectivity index (χ0) is 18.0. The van der Waals surface area contributed by atoms with Gasteiger partial charge >= 0.3 is 0 Å². The summed E-state index contributed by atoms with van der Waals surface area (Å²) in [6, 6.07) is 13.6. The van der Waals surface area contributed by atoms with Gasteiger partial charge in [0.25, 0.3) is 0 Å². The van der Waals surface area contributed by atoms with Crippen LogP contribution in [0.25, 0.3) is 11.0 Å². The number of para-hydroxylation sites is 1. The van der Waals surface area contributed by atoms with E-state index in [1.165, 1.54) is 0 Å². The standard InChI is InChI=1S/C18H18N2O4S/c1-12(13-7-9-14(10-8-13)25(2,22)23)19-18(21)11-16-15-5-3-4-6-17(15)24-20-16/h3-10,12H,11H2,1-2H3,(H,19,21)/t12-/m1/s1. The van der Waals surface area contributed by atoms with Gasteiger partial charge in [-0.25, -0.2) is 8.42 Å². The van der Waals surface area contributed by atoms with Crippen LogP contribution in [0, 0.1) is 0 Å². The Hall–Kier alpha value is -2.67. The Bertz CT molecular complexity index is 1010. The van der Waals surface area contributed by atoms with E-state index in [2.05, 4.69) is 10.5 Å². The van der Waals surface area contributed by atoms with Gasteiger partial charge in [0.2, 0.25) is 5.91 Å². The van der Waals surface area contributed by atoms with Crippen LogP contribution in [0.15, 0.2) is 57.9 Å². The lowest BCUT2D eigenvalue weighted by atomic mass is 10.1. The fourth-order valence-corrected chi connectivity index (χ4v) is 3.23. The minimum absolute atomic E-state index is 0.114. The quantitative estimate of drug-likeness (QED) is 0.757. The van der Waals surface area contributed by atoms with Crippen LogP contribution in [0.5, 0.6) is 0 Å². The molecule has 0 saturated carbocycles. The van der Waals surface area contributed by atoms with E-state index in [0.29, 0.717) is 11.3 Å². The lowest BCUT2D eigenvalue weighted by molar-refractivity contribution is -0.121. The molecule has 3 rings (SSSR count). The molecule has 1 amide bonds. The predicted octanol–water partition coefficient (Wildman–Crippen LogP) is 2.65. The highest BCUT2D eigenvalue weighted by Crippen LogP contribution is 2.19. The van der Waals surface area contributed by atoms with Crippen molar-refractivity contribution in [1.82, 2.24) is 10.5 Å². The molecule has 0 radical (unpaired) electrons. The van der Waals surface area contributed by atoms with Crippen molar-refractivity contribution in [1.29, 1.82) is 0 Å². The number of nitrogens with zero attached hydrogens (tertiary/aromatic N) is 1. The zero-order valence-corrected chi connectivity index (χ0v) is 14.7. The number of amides is 1. The normalized spacial score (nSPS) is 12.9. The Morgan fingerprint density at radius 1 is 1.16 bits per heavy atom. The number of hydrogen-bond donors (Lipinski definition) is 1. The van der Waals surface area contributed by atoms with Gasteiger partial charge in [0.1, 0.15) is 5.69 Å². The Morgan fingerprint density at radius 2 is 1.84 bits per heavy atom. The van der Waals surface area contributed by atoms with E-state index in [9.17, 15) is 13.2 Å². The lowest BCUT2D eigenvalue weighted by Crippen LogP contribution is -2.28. The van der Waals surface area contributed by atoms with Gasteiger partial charge in [0.15, 0.2) is 15.4 Å². The van der Waals surface area contributed by atoms with Crippen molar-refractivity contribution in [2.45, 2.75) is 24.3 Å². The summed E-state index contributed by atoms with van der Waals surface area (Å²) in [6.45, 7) is 1.84. The number of sulfone groups is 1. The number of aromatic nitrogens is 1. The highest BCUT2D eigenvalue weighted by atomic mass is 32.2. The summed E-state index contributed by atoms with van der Waals surface area (Å²) in [5, 5.41) is 7.66. The van der Waals surface area contributed by atoms with Gasteiger partial charge in [-0.05, 0) is 36.8 Å². The Kier molecular flexibility index (Phi) is 4.59. The lowest BCUT2D eigenvalue weighted by Gasteiger charge is -2.14. The Balaban J connectivity index is 1.68. The van der Waals surface area contributed by atoms with E-state index < -0.39 is 9.84 Å². The molecule has 1 heterocycles. The molecule has 0 bridgehead atoms. The molecule has 1 aromatic heterocycles. The van der Waals surface area contributed by atoms with E-state index in [1.807, 2.05) is 25.1 Å². The SMILES string of the molecule is C[C@@H](NC(=O)Cc1noc2ccccc12)c1ccc(S(C)(=O)=O)cc1. The number of benzene rings is 2. The highest BCUT2D eigenvalue weighted by Gasteiger charge is 2.15. The fourth-order valence-electron chi connectivity index (χ4n) is 2.60. The first-order valence-corrected chi connectivity index (χ1v) is 9.66. The first kappa shape index (κ1) is 17.2. The number of nitrogens with one attached hydrogen (secondary N) is 1. The molecule has 1 atom stereocenters. The summed E-state index contributed by atoms with van der Waals surface area (Å²) in [7, 11) is -3.23. The van der Waals surface area contributed by atoms with Crippen LogP contribution >= 0.6 is 0 Å². The van der Waals surface area contributed by atoms with Gasteiger partial charge < -0.3 is 9.84 Å². The second-order valence-electron chi connectivity index (χ2n) is 5.93. The average Bonchev–Trinajstić information content (AvgIpc) is 2.97. The molecule has 0 saturated heterocycles.